The van der Waals surface area contributed by atoms with Gasteiger partial charge in [0.05, 0.1) is 4.92 Å². The van der Waals surface area contributed by atoms with Crippen molar-refractivity contribution in [1.29, 1.82) is 0 Å². The molecule has 6 nitrogen and oxygen atoms in total. The fraction of sp³-hybridized carbons (Fsp3) is 0.417. The van der Waals surface area contributed by atoms with Crippen molar-refractivity contribution >= 4 is 23.2 Å². The SMILES string of the molecule is O=C1CCC(NCc2cc([N+](=O)[O-])ccc2Cl)CN1. The molecule has 7 heteroatoms. The molecule has 0 radical (unpaired) electrons. The molecule has 1 aliphatic rings. The van der Waals surface area contributed by atoms with Gasteiger partial charge in [0.25, 0.3) is 5.69 Å². The summed E-state index contributed by atoms with van der Waals surface area (Å²) in [5.74, 6) is 0.0615. The summed E-state index contributed by atoms with van der Waals surface area (Å²) in [6.45, 7) is 1.02. The minimum absolute atomic E-state index is 0.0261. The fourth-order valence-corrected chi connectivity index (χ4v) is 2.16. The normalized spacial score (nSPS) is 19.0. The van der Waals surface area contributed by atoms with Crippen molar-refractivity contribution in [3.8, 4) is 0 Å². The van der Waals surface area contributed by atoms with Gasteiger partial charge in [-0.05, 0) is 18.1 Å². The number of hydrogen-bond donors (Lipinski definition) is 2. The average Bonchev–Trinajstić information content (AvgIpc) is 2.39. The van der Waals surface area contributed by atoms with Crippen LogP contribution in [-0.4, -0.2) is 23.4 Å². The molecular weight excluding hydrogens is 270 g/mol. The topological polar surface area (TPSA) is 84.3 Å². The highest BCUT2D eigenvalue weighted by molar-refractivity contribution is 6.31. The first-order valence-electron chi connectivity index (χ1n) is 5.99. The van der Waals surface area contributed by atoms with Crippen molar-refractivity contribution < 1.29 is 9.72 Å². The maximum atomic E-state index is 11.0. The van der Waals surface area contributed by atoms with Gasteiger partial charge in [-0.25, -0.2) is 0 Å². The molecule has 2 N–H and O–H groups in total. The molecule has 0 saturated carbocycles. The molecule has 1 saturated heterocycles. The molecule has 0 spiro atoms. The van der Waals surface area contributed by atoms with E-state index in [1.54, 1.807) is 0 Å². The van der Waals surface area contributed by atoms with Crippen LogP contribution in [0.1, 0.15) is 18.4 Å². The van der Waals surface area contributed by atoms with Gasteiger partial charge in [0.1, 0.15) is 0 Å². The van der Waals surface area contributed by atoms with Crippen LogP contribution in [-0.2, 0) is 11.3 Å². The van der Waals surface area contributed by atoms with E-state index in [0.717, 1.165) is 6.42 Å². The number of hydrogen-bond acceptors (Lipinski definition) is 4. The van der Waals surface area contributed by atoms with E-state index >= 15 is 0 Å². The number of nitrogens with zero attached hydrogens (tertiary/aromatic N) is 1. The Kier molecular flexibility index (Phi) is 4.34. The Bertz CT molecular complexity index is 497. The number of benzene rings is 1. The van der Waals surface area contributed by atoms with Gasteiger partial charge < -0.3 is 10.6 Å². The van der Waals surface area contributed by atoms with E-state index in [2.05, 4.69) is 10.6 Å². The van der Waals surface area contributed by atoms with Crippen molar-refractivity contribution in [2.75, 3.05) is 6.54 Å². The van der Waals surface area contributed by atoms with E-state index in [9.17, 15) is 14.9 Å². The highest BCUT2D eigenvalue weighted by atomic mass is 35.5. The van der Waals surface area contributed by atoms with Gasteiger partial charge in [-0.3, -0.25) is 14.9 Å². The summed E-state index contributed by atoms with van der Waals surface area (Å²) in [7, 11) is 0. The number of piperidine rings is 1. The molecular formula is C12H14ClN3O3. The summed E-state index contributed by atoms with van der Waals surface area (Å²) in [5, 5.41) is 17.2. The van der Waals surface area contributed by atoms with Crippen molar-refractivity contribution in [2.24, 2.45) is 0 Å². The second-order valence-electron chi connectivity index (χ2n) is 4.45. The predicted molar refractivity (Wildman–Crippen MR) is 71.0 cm³/mol. The molecule has 2 rings (SSSR count). The first kappa shape index (κ1) is 13.8. The molecule has 1 fully saturated rings. The Morgan fingerprint density at radius 2 is 2.32 bits per heavy atom. The zero-order valence-electron chi connectivity index (χ0n) is 10.2. The van der Waals surface area contributed by atoms with Gasteiger partial charge in [-0.1, -0.05) is 11.6 Å². The molecule has 0 aliphatic carbocycles. The van der Waals surface area contributed by atoms with Gasteiger partial charge in [0.2, 0.25) is 5.91 Å². The third kappa shape index (κ3) is 3.65. The minimum atomic E-state index is -0.444. The van der Waals surface area contributed by atoms with Crippen molar-refractivity contribution in [1.82, 2.24) is 10.6 Å². The maximum absolute atomic E-state index is 11.0. The number of rotatable bonds is 4. The van der Waals surface area contributed by atoms with Gasteiger partial charge in [-0.2, -0.15) is 0 Å². The molecule has 1 heterocycles. The number of halogens is 1. The zero-order valence-corrected chi connectivity index (χ0v) is 10.9. The van der Waals surface area contributed by atoms with Crippen molar-refractivity contribution in [3.63, 3.8) is 0 Å². The predicted octanol–water partition coefficient (Wildman–Crippen LogP) is 1.62. The zero-order chi connectivity index (χ0) is 13.8. The van der Waals surface area contributed by atoms with Crippen LogP contribution in [0.2, 0.25) is 5.02 Å². The average molecular weight is 284 g/mol. The number of nitrogens with one attached hydrogen (secondary N) is 2. The summed E-state index contributed by atoms with van der Waals surface area (Å²) in [5.41, 5.74) is 0.714. The Morgan fingerprint density at radius 1 is 1.53 bits per heavy atom. The van der Waals surface area contributed by atoms with Crippen LogP contribution in [0.15, 0.2) is 18.2 Å². The quantitative estimate of drug-likeness (QED) is 0.649. The molecule has 1 atom stereocenters. The van der Waals surface area contributed by atoms with Crippen LogP contribution in [0.3, 0.4) is 0 Å². The monoisotopic (exact) mass is 283 g/mol. The molecule has 1 aromatic rings. The van der Waals surface area contributed by atoms with E-state index in [-0.39, 0.29) is 17.6 Å². The molecule has 1 amide bonds. The molecule has 102 valence electrons. The second kappa shape index (κ2) is 5.99. The van der Waals surface area contributed by atoms with Crippen LogP contribution in [0.4, 0.5) is 5.69 Å². The standard InChI is InChI=1S/C12H14ClN3O3/c13-11-3-2-10(16(18)19)5-8(11)6-14-9-1-4-12(17)15-7-9/h2-3,5,9,14H,1,4,6-7H2,(H,15,17). The number of non-ortho nitro benzene ring substituents is 1. The maximum Gasteiger partial charge on any atom is 0.269 e. The summed E-state index contributed by atoms with van der Waals surface area (Å²) in [6.07, 6.45) is 1.26. The van der Waals surface area contributed by atoms with Crippen LogP contribution in [0.25, 0.3) is 0 Å². The Labute approximate surface area is 115 Å². The minimum Gasteiger partial charge on any atom is -0.355 e. The third-order valence-electron chi connectivity index (χ3n) is 3.09. The number of carbonyl (C=O) groups is 1. The fourth-order valence-electron chi connectivity index (χ4n) is 1.97. The smallest absolute Gasteiger partial charge is 0.269 e. The number of carbonyl (C=O) groups excluding carboxylic acids is 1. The van der Waals surface area contributed by atoms with E-state index in [4.69, 9.17) is 11.6 Å². The van der Waals surface area contributed by atoms with Gasteiger partial charge >= 0.3 is 0 Å². The Balaban J connectivity index is 1.97. The van der Waals surface area contributed by atoms with Gasteiger partial charge in [0, 0.05) is 42.7 Å². The number of nitro benzene ring substituents is 1. The van der Waals surface area contributed by atoms with Crippen LogP contribution < -0.4 is 10.6 Å². The van der Waals surface area contributed by atoms with E-state index in [1.165, 1.54) is 18.2 Å². The lowest BCUT2D eigenvalue weighted by Gasteiger charge is -2.23. The first-order chi connectivity index (χ1) is 9.06. The van der Waals surface area contributed by atoms with Crippen LogP contribution >= 0.6 is 11.6 Å². The van der Waals surface area contributed by atoms with E-state index in [0.29, 0.717) is 30.1 Å². The van der Waals surface area contributed by atoms with Crippen molar-refractivity contribution in [3.05, 3.63) is 38.9 Å². The number of amides is 1. The molecule has 0 bridgehead atoms. The summed E-state index contributed by atoms with van der Waals surface area (Å²) in [6, 6.07) is 4.55. The largest absolute Gasteiger partial charge is 0.355 e. The summed E-state index contributed by atoms with van der Waals surface area (Å²) in [4.78, 5) is 21.3. The lowest BCUT2D eigenvalue weighted by atomic mass is 10.1. The molecule has 1 aliphatic heterocycles. The molecule has 1 unspecified atom stereocenters. The highest BCUT2D eigenvalue weighted by Crippen LogP contribution is 2.22. The van der Waals surface area contributed by atoms with E-state index in [1.807, 2.05) is 0 Å². The molecule has 0 aromatic heterocycles. The summed E-state index contributed by atoms with van der Waals surface area (Å²) >= 11 is 6.01. The van der Waals surface area contributed by atoms with Crippen LogP contribution in [0.5, 0.6) is 0 Å². The highest BCUT2D eigenvalue weighted by Gasteiger charge is 2.18. The van der Waals surface area contributed by atoms with Gasteiger partial charge in [-0.15, -0.1) is 0 Å². The van der Waals surface area contributed by atoms with Gasteiger partial charge in [0.15, 0.2) is 0 Å². The summed E-state index contributed by atoms with van der Waals surface area (Å²) < 4.78 is 0. The molecule has 19 heavy (non-hydrogen) atoms. The first-order valence-corrected chi connectivity index (χ1v) is 6.37. The van der Waals surface area contributed by atoms with Crippen LogP contribution in [0, 0.1) is 10.1 Å². The molecule has 1 aromatic carbocycles. The lowest BCUT2D eigenvalue weighted by molar-refractivity contribution is -0.384. The van der Waals surface area contributed by atoms with E-state index < -0.39 is 4.92 Å². The number of nitro groups is 1. The Hall–Kier alpha value is -1.66. The Morgan fingerprint density at radius 3 is 2.95 bits per heavy atom. The second-order valence-corrected chi connectivity index (χ2v) is 4.86. The lowest BCUT2D eigenvalue weighted by Crippen LogP contribution is -2.45. The van der Waals surface area contributed by atoms with Crippen molar-refractivity contribution in [2.45, 2.75) is 25.4 Å². The third-order valence-corrected chi connectivity index (χ3v) is 3.46.